The van der Waals surface area contributed by atoms with Crippen molar-refractivity contribution in [2.24, 2.45) is 4.99 Å². The number of hydrogen-bond donors (Lipinski definition) is 2. The molecule has 1 aromatic carbocycles. The zero-order valence-electron chi connectivity index (χ0n) is 18.8. The maximum absolute atomic E-state index is 5.88. The molecule has 2 N–H and O–H groups in total. The van der Waals surface area contributed by atoms with Gasteiger partial charge in [0.15, 0.2) is 17.5 Å². The van der Waals surface area contributed by atoms with Crippen LogP contribution in [0, 0.1) is 13.8 Å². The Balaban J connectivity index is 0.00000363. The van der Waals surface area contributed by atoms with Crippen molar-refractivity contribution in [1.29, 1.82) is 0 Å². The number of halogens is 1. The summed E-state index contributed by atoms with van der Waals surface area (Å²) >= 11 is 1.71. The molecule has 0 fully saturated rings. The van der Waals surface area contributed by atoms with E-state index in [1.165, 1.54) is 4.88 Å². The van der Waals surface area contributed by atoms with E-state index in [0.717, 1.165) is 28.8 Å². The van der Waals surface area contributed by atoms with Gasteiger partial charge in [-0.05, 0) is 45.4 Å². The molecule has 32 heavy (non-hydrogen) atoms. The molecule has 0 spiro atoms. The number of pyridine rings is 1. The monoisotopic (exact) mass is 567 g/mol. The third-order valence-electron chi connectivity index (χ3n) is 4.34. The summed E-state index contributed by atoms with van der Waals surface area (Å²) in [4.78, 5) is 14.8. The molecule has 7 nitrogen and oxygen atoms in total. The fraction of sp³-hybridized carbons (Fsp3) is 0.348. The van der Waals surface area contributed by atoms with Gasteiger partial charge in [-0.3, -0.25) is 0 Å². The maximum Gasteiger partial charge on any atom is 0.219 e. The van der Waals surface area contributed by atoms with Crippen LogP contribution in [0.3, 0.4) is 0 Å². The molecule has 0 unspecified atom stereocenters. The molecular formula is C23H30IN5O2S. The summed E-state index contributed by atoms with van der Waals surface area (Å²) in [5.74, 6) is 2.63. The van der Waals surface area contributed by atoms with Crippen molar-refractivity contribution in [3.8, 4) is 17.4 Å². The van der Waals surface area contributed by atoms with Crippen molar-refractivity contribution in [2.75, 3.05) is 13.2 Å². The molecule has 3 rings (SSSR count). The minimum Gasteiger partial charge on any atom is -0.490 e. The Labute approximate surface area is 210 Å². The van der Waals surface area contributed by atoms with E-state index in [0.29, 0.717) is 37.1 Å². The number of guanidine groups is 1. The molecule has 2 heterocycles. The first-order valence-electron chi connectivity index (χ1n) is 10.4. The van der Waals surface area contributed by atoms with Crippen LogP contribution in [-0.4, -0.2) is 29.1 Å². The molecule has 2 aromatic heterocycles. The fourth-order valence-electron chi connectivity index (χ4n) is 2.90. The second-order valence-corrected chi connectivity index (χ2v) is 8.06. The second-order valence-electron chi connectivity index (χ2n) is 6.78. The lowest BCUT2D eigenvalue weighted by Gasteiger charge is -2.11. The summed E-state index contributed by atoms with van der Waals surface area (Å²) in [6, 6.07) is 11.4. The Hall–Kier alpha value is -2.40. The molecule has 3 aromatic rings. The highest BCUT2D eigenvalue weighted by molar-refractivity contribution is 14.0. The Kier molecular flexibility index (Phi) is 10.7. The van der Waals surface area contributed by atoms with Crippen molar-refractivity contribution in [2.45, 2.75) is 40.8 Å². The molecule has 0 aliphatic carbocycles. The number of benzene rings is 1. The summed E-state index contributed by atoms with van der Waals surface area (Å²) < 4.78 is 11.5. The number of para-hydroxylation sites is 2. The molecule has 0 aliphatic heterocycles. The van der Waals surface area contributed by atoms with Crippen molar-refractivity contribution in [3.63, 3.8) is 0 Å². The number of aromatic nitrogens is 2. The summed E-state index contributed by atoms with van der Waals surface area (Å²) in [6.07, 6.45) is 1.78. The van der Waals surface area contributed by atoms with Gasteiger partial charge in [-0.25, -0.2) is 15.0 Å². The lowest BCUT2D eigenvalue weighted by molar-refractivity contribution is 0.319. The molecule has 9 heteroatoms. The van der Waals surface area contributed by atoms with Crippen LogP contribution in [0.5, 0.6) is 17.4 Å². The number of ether oxygens (including phenoxy) is 2. The Morgan fingerprint density at radius 2 is 1.84 bits per heavy atom. The van der Waals surface area contributed by atoms with Crippen LogP contribution in [0.1, 0.15) is 35.0 Å². The smallest absolute Gasteiger partial charge is 0.219 e. The van der Waals surface area contributed by atoms with Crippen molar-refractivity contribution in [1.82, 2.24) is 20.6 Å². The molecule has 0 saturated heterocycles. The van der Waals surface area contributed by atoms with Gasteiger partial charge in [-0.1, -0.05) is 18.2 Å². The molecule has 0 atom stereocenters. The van der Waals surface area contributed by atoms with Crippen molar-refractivity contribution >= 4 is 41.3 Å². The molecule has 0 amide bonds. The van der Waals surface area contributed by atoms with Crippen molar-refractivity contribution < 1.29 is 9.47 Å². The fourth-order valence-corrected chi connectivity index (χ4v) is 3.78. The van der Waals surface area contributed by atoms with E-state index in [2.05, 4.69) is 25.6 Å². The number of nitrogens with one attached hydrogen (secondary N) is 2. The predicted octanol–water partition coefficient (Wildman–Crippen LogP) is 5.22. The highest BCUT2D eigenvalue weighted by Crippen LogP contribution is 2.30. The Morgan fingerprint density at radius 3 is 2.47 bits per heavy atom. The number of thiazole rings is 1. The highest BCUT2D eigenvalue weighted by Gasteiger charge is 2.07. The average Bonchev–Trinajstić information content (AvgIpc) is 3.09. The van der Waals surface area contributed by atoms with Gasteiger partial charge in [0.05, 0.1) is 30.4 Å². The van der Waals surface area contributed by atoms with Crippen LogP contribution in [0.4, 0.5) is 0 Å². The predicted molar refractivity (Wildman–Crippen MR) is 141 cm³/mol. The van der Waals surface area contributed by atoms with E-state index < -0.39 is 0 Å². The average molecular weight is 567 g/mol. The van der Waals surface area contributed by atoms with Gasteiger partial charge in [-0.2, -0.15) is 0 Å². The lowest BCUT2D eigenvalue weighted by atomic mass is 10.3. The van der Waals surface area contributed by atoms with Crippen LogP contribution in [0.25, 0.3) is 0 Å². The van der Waals surface area contributed by atoms with Gasteiger partial charge < -0.3 is 20.1 Å². The zero-order chi connectivity index (χ0) is 22.1. The van der Waals surface area contributed by atoms with Gasteiger partial charge in [0.1, 0.15) is 0 Å². The Morgan fingerprint density at radius 1 is 1.06 bits per heavy atom. The number of rotatable bonds is 9. The summed E-state index contributed by atoms with van der Waals surface area (Å²) in [5, 5.41) is 7.73. The van der Waals surface area contributed by atoms with Crippen LogP contribution < -0.4 is 20.1 Å². The molecule has 172 valence electrons. The SMILES string of the molecule is CCNC(=NCc1ccc(Oc2ccccc2OCC)nc1)NCc1sc(C)nc1C.I. The van der Waals surface area contributed by atoms with E-state index in [1.807, 2.05) is 64.1 Å². The van der Waals surface area contributed by atoms with E-state index in [-0.39, 0.29) is 24.0 Å². The number of nitrogens with zero attached hydrogens (tertiary/aromatic N) is 3. The van der Waals surface area contributed by atoms with Crippen molar-refractivity contribution in [3.05, 3.63) is 63.7 Å². The first kappa shape index (κ1) is 25.9. The van der Waals surface area contributed by atoms with Gasteiger partial charge >= 0.3 is 0 Å². The van der Waals surface area contributed by atoms with Gasteiger partial charge in [-0.15, -0.1) is 35.3 Å². The number of aliphatic imine (C=N–C) groups is 1. The topological polar surface area (TPSA) is 80.7 Å². The van der Waals surface area contributed by atoms with Crippen LogP contribution in [-0.2, 0) is 13.1 Å². The number of hydrogen-bond acceptors (Lipinski definition) is 6. The quantitative estimate of drug-likeness (QED) is 0.210. The normalized spacial score (nSPS) is 10.9. The van der Waals surface area contributed by atoms with Crippen LogP contribution in [0.2, 0.25) is 0 Å². The largest absolute Gasteiger partial charge is 0.490 e. The third kappa shape index (κ3) is 7.63. The van der Waals surface area contributed by atoms with Crippen LogP contribution in [0.15, 0.2) is 47.6 Å². The summed E-state index contributed by atoms with van der Waals surface area (Å²) in [6.45, 7) is 10.6. The molecule has 0 aliphatic rings. The molecule has 0 saturated carbocycles. The van der Waals surface area contributed by atoms with E-state index >= 15 is 0 Å². The standard InChI is InChI=1S/C23H29N5O2S.HI/c1-5-24-23(27-15-21-16(3)28-17(4)31-21)26-14-18-11-12-22(25-13-18)30-20-10-8-7-9-19(20)29-6-2;/h7-13H,5-6,14-15H2,1-4H3,(H2,24,26,27);1H. The van der Waals surface area contributed by atoms with E-state index in [4.69, 9.17) is 9.47 Å². The Bertz CT molecular complexity index is 1010. The lowest BCUT2D eigenvalue weighted by Crippen LogP contribution is -2.36. The first-order valence-corrected chi connectivity index (χ1v) is 11.2. The summed E-state index contributed by atoms with van der Waals surface area (Å²) in [7, 11) is 0. The minimum absolute atomic E-state index is 0. The molecule has 0 radical (unpaired) electrons. The second kappa shape index (κ2) is 13.2. The van der Waals surface area contributed by atoms with Crippen LogP contribution >= 0.6 is 35.3 Å². The molecular weight excluding hydrogens is 537 g/mol. The van der Waals surface area contributed by atoms with Gasteiger partial charge in [0.25, 0.3) is 0 Å². The van der Waals surface area contributed by atoms with E-state index in [9.17, 15) is 0 Å². The molecule has 0 bridgehead atoms. The van der Waals surface area contributed by atoms with E-state index in [1.54, 1.807) is 17.5 Å². The zero-order valence-corrected chi connectivity index (χ0v) is 22.0. The van der Waals surface area contributed by atoms with Gasteiger partial charge in [0, 0.05) is 23.7 Å². The number of aryl methyl sites for hydroxylation is 2. The highest BCUT2D eigenvalue weighted by atomic mass is 127. The third-order valence-corrected chi connectivity index (χ3v) is 5.41. The summed E-state index contributed by atoms with van der Waals surface area (Å²) in [5.41, 5.74) is 2.06. The maximum atomic E-state index is 5.88. The minimum atomic E-state index is 0. The first-order chi connectivity index (χ1) is 15.1. The van der Waals surface area contributed by atoms with Gasteiger partial charge in [0.2, 0.25) is 5.88 Å².